The normalized spacial score (nSPS) is 14.4. The molecule has 1 aliphatic rings. The van der Waals surface area contributed by atoms with E-state index in [0.717, 1.165) is 25.0 Å². The van der Waals surface area contributed by atoms with E-state index in [-0.39, 0.29) is 11.9 Å². The fourth-order valence-corrected chi connectivity index (χ4v) is 4.42. The van der Waals surface area contributed by atoms with Gasteiger partial charge in [-0.05, 0) is 49.1 Å². The lowest BCUT2D eigenvalue weighted by atomic mass is 10.1. The Bertz CT molecular complexity index is 1180. The van der Waals surface area contributed by atoms with Gasteiger partial charge in [0.15, 0.2) is 6.61 Å². The van der Waals surface area contributed by atoms with Gasteiger partial charge in [-0.15, -0.1) is 0 Å². The van der Waals surface area contributed by atoms with Gasteiger partial charge in [-0.25, -0.2) is 12.8 Å². The Morgan fingerprint density at radius 2 is 1.79 bits per heavy atom. The van der Waals surface area contributed by atoms with Gasteiger partial charge >= 0.3 is 5.97 Å². The summed E-state index contributed by atoms with van der Waals surface area (Å²) in [6.45, 7) is 2.48. The molecule has 0 spiro atoms. The monoisotopic (exact) mass is 491 g/mol. The van der Waals surface area contributed by atoms with E-state index < -0.39 is 51.2 Å². The number of ether oxygens (including phenoxy) is 1. The smallest absolute Gasteiger partial charge is 0.324 e. The molecule has 0 saturated heterocycles. The van der Waals surface area contributed by atoms with Gasteiger partial charge in [0.25, 0.3) is 11.8 Å². The molecule has 0 radical (unpaired) electrons. The molecule has 0 bridgehead atoms. The number of carbonyl (C=O) groups is 3. The Hall–Kier alpha value is -3.31. The summed E-state index contributed by atoms with van der Waals surface area (Å²) < 4.78 is 46.2. The van der Waals surface area contributed by atoms with Crippen LogP contribution in [0, 0.1) is 11.7 Å². The molecular formula is C23H26FN3O6S. The topological polar surface area (TPSA) is 131 Å². The Morgan fingerprint density at radius 3 is 2.44 bits per heavy atom. The highest BCUT2D eigenvalue weighted by Gasteiger charge is 2.31. The Labute approximate surface area is 197 Å². The first-order valence-corrected chi connectivity index (χ1v) is 12.2. The number of anilines is 1. The summed E-state index contributed by atoms with van der Waals surface area (Å²) in [6.07, 6.45) is 1.89. The predicted molar refractivity (Wildman–Crippen MR) is 122 cm³/mol. The van der Waals surface area contributed by atoms with Crippen molar-refractivity contribution in [3.63, 3.8) is 0 Å². The zero-order valence-corrected chi connectivity index (χ0v) is 19.5. The largest absolute Gasteiger partial charge is 0.454 e. The second-order valence-corrected chi connectivity index (χ2v) is 9.94. The SMILES string of the molecule is CC(C)[C@H](NS(=O)(=O)c1ccccc1F)C(=O)OCC(=O)Nc1cccc(C(=O)NC2CC2)c1. The molecule has 34 heavy (non-hydrogen) atoms. The minimum atomic E-state index is -4.35. The minimum Gasteiger partial charge on any atom is -0.454 e. The summed E-state index contributed by atoms with van der Waals surface area (Å²) in [5.41, 5.74) is 0.717. The van der Waals surface area contributed by atoms with Gasteiger partial charge in [0.2, 0.25) is 10.0 Å². The maximum atomic E-state index is 13.9. The molecule has 2 amide bonds. The van der Waals surface area contributed by atoms with Gasteiger partial charge in [0, 0.05) is 17.3 Å². The van der Waals surface area contributed by atoms with Crippen LogP contribution in [-0.4, -0.2) is 44.9 Å². The summed E-state index contributed by atoms with van der Waals surface area (Å²) in [4.78, 5) is 36.3. The van der Waals surface area contributed by atoms with Crippen molar-refractivity contribution in [2.24, 2.45) is 5.92 Å². The highest BCUT2D eigenvalue weighted by molar-refractivity contribution is 7.89. The van der Waals surface area contributed by atoms with Crippen molar-refractivity contribution in [2.75, 3.05) is 11.9 Å². The summed E-state index contributed by atoms with van der Waals surface area (Å²) in [6, 6.07) is 9.91. The van der Waals surface area contributed by atoms with Gasteiger partial charge in [0.1, 0.15) is 16.8 Å². The highest BCUT2D eigenvalue weighted by atomic mass is 32.2. The number of carbonyl (C=O) groups excluding carboxylic acids is 3. The molecule has 0 aliphatic heterocycles. The van der Waals surface area contributed by atoms with Gasteiger partial charge in [-0.1, -0.05) is 32.0 Å². The van der Waals surface area contributed by atoms with Crippen LogP contribution in [0.25, 0.3) is 0 Å². The number of hydrogen-bond donors (Lipinski definition) is 3. The first-order chi connectivity index (χ1) is 16.1. The van der Waals surface area contributed by atoms with Crippen LogP contribution < -0.4 is 15.4 Å². The summed E-state index contributed by atoms with van der Waals surface area (Å²) in [5.74, 6) is -3.40. The number of esters is 1. The van der Waals surface area contributed by atoms with E-state index in [1.54, 1.807) is 32.0 Å². The molecule has 2 aromatic rings. The van der Waals surface area contributed by atoms with Crippen LogP contribution in [0.2, 0.25) is 0 Å². The van der Waals surface area contributed by atoms with E-state index >= 15 is 0 Å². The van der Waals surface area contributed by atoms with Gasteiger partial charge < -0.3 is 15.4 Å². The number of benzene rings is 2. The minimum absolute atomic E-state index is 0.190. The maximum Gasteiger partial charge on any atom is 0.324 e. The van der Waals surface area contributed by atoms with Crippen molar-refractivity contribution >= 4 is 33.5 Å². The molecule has 3 N–H and O–H groups in total. The van der Waals surface area contributed by atoms with Crippen LogP contribution in [0.3, 0.4) is 0 Å². The molecule has 0 heterocycles. The van der Waals surface area contributed by atoms with Crippen molar-refractivity contribution in [3.8, 4) is 0 Å². The van der Waals surface area contributed by atoms with E-state index in [4.69, 9.17) is 4.74 Å². The lowest BCUT2D eigenvalue weighted by Crippen LogP contribution is -2.46. The molecule has 182 valence electrons. The lowest BCUT2D eigenvalue weighted by Gasteiger charge is -2.21. The molecular weight excluding hydrogens is 465 g/mol. The predicted octanol–water partition coefficient (Wildman–Crippen LogP) is 2.20. The molecule has 0 unspecified atom stereocenters. The van der Waals surface area contributed by atoms with Crippen LogP contribution in [-0.2, 0) is 24.3 Å². The van der Waals surface area contributed by atoms with Crippen molar-refractivity contribution < 1.29 is 31.9 Å². The molecule has 0 aromatic heterocycles. The van der Waals surface area contributed by atoms with Crippen LogP contribution in [0.5, 0.6) is 0 Å². The van der Waals surface area contributed by atoms with E-state index in [0.29, 0.717) is 11.3 Å². The lowest BCUT2D eigenvalue weighted by molar-refractivity contribution is -0.150. The average molecular weight is 492 g/mol. The maximum absolute atomic E-state index is 13.9. The molecule has 1 fully saturated rings. The Balaban J connectivity index is 1.58. The molecule has 3 rings (SSSR count). The first-order valence-electron chi connectivity index (χ1n) is 10.7. The summed E-state index contributed by atoms with van der Waals surface area (Å²) in [5, 5.41) is 5.37. The standard InChI is InChI=1S/C23H26FN3O6S/c1-14(2)21(27-34(31,32)19-9-4-3-8-18(19)24)23(30)33-13-20(28)25-17-7-5-6-15(12-17)22(29)26-16-10-11-16/h3-9,12,14,16,21,27H,10-11,13H2,1-2H3,(H,25,28)(H,26,29)/t21-/m0/s1. The number of nitrogens with one attached hydrogen (secondary N) is 3. The van der Waals surface area contributed by atoms with Crippen molar-refractivity contribution in [2.45, 2.75) is 43.7 Å². The highest BCUT2D eigenvalue weighted by Crippen LogP contribution is 2.20. The fraction of sp³-hybridized carbons (Fsp3) is 0.348. The van der Waals surface area contributed by atoms with E-state index in [2.05, 4.69) is 15.4 Å². The molecule has 1 atom stereocenters. The van der Waals surface area contributed by atoms with Crippen molar-refractivity contribution in [1.82, 2.24) is 10.0 Å². The van der Waals surface area contributed by atoms with Crippen LogP contribution in [0.4, 0.5) is 10.1 Å². The van der Waals surface area contributed by atoms with Crippen LogP contribution in [0.1, 0.15) is 37.0 Å². The van der Waals surface area contributed by atoms with Crippen LogP contribution >= 0.6 is 0 Å². The number of amides is 2. The van der Waals surface area contributed by atoms with E-state index in [1.807, 2.05) is 0 Å². The van der Waals surface area contributed by atoms with Gasteiger partial charge in [-0.3, -0.25) is 14.4 Å². The van der Waals surface area contributed by atoms with Gasteiger partial charge in [-0.2, -0.15) is 4.72 Å². The van der Waals surface area contributed by atoms with Crippen molar-refractivity contribution in [3.05, 3.63) is 59.9 Å². The molecule has 9 nitrogen and oxygen atoms in total. The summed E-state index contributed by atoms with van der Waals surface area (Å²) >= 11 is 0. The van der Waals surface area contributed by atoms with Crippen LogP contribution in [0.15, 0.2) is 53.4 Å². The van der Waals surface area contributed by atoms with Gasteiger partial charge in [0.05, 0.1) is 0 Å². The molecule has 1 aliphatic carbocycles. The third-order valence-corrected chi connectivity index (χ3v) is 6.47. The number of sulfonamides is 1. The summed E-state index contributed by atoms with van der Waals surface area (Å²) in [7, 11) is -4.35. The molecule has 1 saturated carbocycles. The van der Waals surface area contributed by atoms with E-state index in [1.165, 1.54) is 18.2 Å². The quantitative estimate of drug-likeness (QED) is 0.437. The first kappa shape index (κ1) is 25.3. The Kier molecular flexibility index (Phi) is 8.00. The average Bonchev–Trinajstić information content (AvgIpc) is 3.60. The third-order valence-electron chi connectivity index (χ3n) is 5.00. The fourth-order valence-electron chi connectivity index (χ4n) is 3.01. The second kappa shape index (κ2) is 10.7. The zero-order valence-electron chi connectivity index (χ0n) is 18.7. The Morgan fingerprint density at radius 1 is 1.09 bits per heavy atom. The third kappa shape index (κ3) is 6.84. The molecule has 2 aromatic carbocycles. The van der Waals surface area contributed by atoms with Crippen molar-refractivity contribution in [1.29, 1.82) is 0 Å². The number of rotatable bonds is 10. The number of halogens is 1. The zero-order chi connectivity index (χ0) is 24.9. The second-order valence-electron chi connectivity index (χ2n) is 8.26. The van der Waals surface area contributed by atoms with E-state index in [9.17, 15) is 27.2 Å². The molecule has 11 heteroatoms. The number of hydrogen-bond acceptors (Lipinski definition) is 6.